The van der Waals surface area contributed by atoms with E-state index in [1.807, 2.05) is 12.4 Å². The van der Waals surface area contributed by atoms with Crippen molar-refractivity contribution in [3.05, 3.63) is 29.6 Å². The smallest absolute Gasteiger partial charge is 0.0587 e. The van der Waals surface area contributed by atoms with Gasteiger partial charge in [-0.15, -0.1) is 0 Å². The highest BCUT2D eigenvalue weighted by Crippen LogP contribution is 2.03. The Kier molecular flexibility index (Phi) is 5.97. The van der Waals surface area contributed by atoms with Crippen LogP contribution in [0, 0.1) is 6.92 Å². The van der Waals surface area contributed by atoms with Crippen LogP contribution in [0.4, 0.5) is 0 Å². The highest BCUT2D eigenvalue weighted by molar-refractivity contribution is 5.16. The molecule has 0 aromatic carbocycles. The molecule has 0 saturated heterocycles. The summed E-state index contributed by atoms with van der Waals surface area (Å²) in [6.45, 7) is 4.83. The van der Waals surface area contributed by atoms with Crippen LogP contribution in [0.2, 0.25) is 0 Å². The van der Waals surface area contributed by atoms with Gasteiger partial charge in [0.15, 0.2) is 0 Å². The minimum atomic E-state index is 0.784. The van der Waals surface area contributed by atoms with Gasteiger partial charge in [0.1, 0.15) is 0 Å². The summed E-state index contributed by atoms with van der Waals surface area (Å²) in [6.07, 6.45) is 6.08. The van der Waals surface area contributed by atoms with E-state index < -0.39 is 0 Å². The van der Waals surface area contributed by atoms with E-state index in [1.165, 1.54) is 11.1 Å². The van der Waals surface area contributed by atoms with Crippen molar-refractivity contribution in [3.63, 3.8) is 0 Å². The number of hydrogen-bond donors (Lipinski definition) is 1. The Morgan fingerprint density at radius 1 is 1.33 bits per heavy atom. The van der Waals surface area contributed by atoms with E-state index in [9.17, 15) is 0 Å². The Morgan fingerprint density at radius 3 is 2.93 bits per heavy atom. The molecule has 84 valence electrons. The molecule has 0 radical (unpaired) electrons. The van der Waals surface area contributed by atoms with E-state index in [0.29, 0.717) is 0 Å². The second-order valence-corrected chi connectivity index (χ2v) is 3.72. The van der Waals surface area contributed by atoms with E-state index in [-0.39, 0.29) is 0 Å². The van der Waals surface area contributed by atoms with Gasteiger partial charge in [-0.3, -0.25) is 4.98 Å². The van der Waals surface area contributed by atoms with Gasteiger partial charge in [0, 0.05) is 26.0 Å². The molecule has 1 N–H and O–H groups in total. The van der Waals surface area contributed by atoms with Crippen LogP contribution in [0.1, 0.15) is 17.5 Å². The van der Waals surface area contributed by atoms with Gasteiger partial charge in [0.25, 0.3) is 0 Å². The third kappa shape index (κ3) is 5.50. The molecule has 0 spiro atoms. The Balaban J connectivity index is 2.10. The van der Waals surface area contributed by atoms with Crippen molar-refractivity contribution in [3.8, 4) is 0 Å². The topological polar surface area (TPSA) is 34.1 Å². The van der Waals surface area contributed by atoms with Crippen molar-refractivity contribution in [1.82, 2.24) is 10.3 Å². The standard InChI is InChI=1S/C12H20N2O/c1-11-8-12(10-14-9-11)4-3-5-13-6-7-15-2/h8-10,13H,3-7H2,1-2H3. The van der Waals surface area contributed by atoms with Crippen LogP contribution in [0.25, 0.3) is 0 Å². The van der Waals surface area contributed by atoms with E-state index in [0.717, 1.165) is 32.5 Å². The molecular weight excluding hydrogens is 188 g/mol. The minimum absolute atomic E-state index is 0.784. The molecule has 3 heteroatoms. The molecule has 1 aromatic heterocycles. The fourth-order valence-corrected chi connectivity index (χ4v) is 1.47. The summed E-state index contributed by atoms with van der Waals surface area (Å²) in [4.78, 5) is 4.17. The van der Waals surface area contributed by atoms with Gasteiger partial charge in [0.2, 0.25) is 0 Å². The Bertz CT molecular complexity index is 276. The van der Waals surface area contributed by atoms with Gasteiger partial charge in [-0.25, -0.2) is 0 Å². The Labute approximate surface area is 91.9 Å². The first kappa shape index (κ1) is 12.1. The lowest BCUT2D eigenvalue weighted by Gasteiger charge is -2.04. The van der Waals surface area contributed by atoms with Crippen LogP contribution in [0.15, 0.2) is 18.5 Å². The summed E-state index contributed by atoms with van der Waals surface area (Å²) >= 11 is 0. The van der Waals surface area contributed by atoms with Crippen molar-refractivity contribution < 1.29 is 4.74 Å². The van der Waals surface area contributed by atoms with E-state index in [2.05, 4.69) is 23.3 Å². The molecule has 0 unspecified atom stereocenters. The van der Waals surface area contributed by atoms with Gasteiger partial charge in [-0.1, -0.05) is 6.07 Å². The highest BCUT2D eigenvalue weighted by atomic mass is 16.5. The molecule has 0 amide bonds. The zero-order valence-corrected chi connectivity index (χ0v) is 9.62. The van der Waals surface area contributed by atoms with Crippen LogP contribution in [0.5, 0.6) is 0 Å². The number of nitrogens with zero attached hydrogens (tertiary/aromatic N) is 1. The van der Waals surface area contributed by atoms with E-state index >= 15 is 0 Å². The SMILES string of the molecule is COCCNCCCc1cncc(C)c1. The maximum atomic E-state index is 4.95. The van der Waals surface area contributed by atoms with Gasteiger partial charge in [0.05, 0.1) is 6.61 Å². The van der Waals surface area contributed by atoms with E-state index in [4.69, 9.17) is 4.74 Å². The number of rotatable bonds is 7. The maximum absolute atomic E-state index is 4.95. The molecule has 0 aliphatic heterocycles. The molecule has 15 heavy (non-hydrogen) atoms. The lowest BCUT2D eigenvalue weighted by molar-refractivity contribution is 0.199. The molecule has 1 rings (SSSR count). The van der Waals surface area contributed by atoms with Gasteiger partial charge < -0.3 is 10.1 Å². The van der Waals surface area contributed by atoms with E-state index in [1.54, 1.807) is 7.11 Å². The van der Waals surface area contributed by atoms with Gasteiger partial charge in [-0.2, -0.15) is 0 Å². The summed E-state index contributed by atoms with van der Waals surface area (Å²) in [5, 5.41) is 3.33. The number of aromatic nitrogens is 1. The predicted molar refractivity (Wildman–Crippen MR) is 62.0 cm³/mol. The predicted octanol–water partition coefficient (Wildman–Crippen LogP) is 1.56. The quantitative estimate of drug-likeness (QED) is 0.690. The Hall–Kier alpha value is -0.930. The molecule has 0 fully saturated rings. The minimum Gasteiger partial charge on any atom is -0.383 e. The number of aryl methyl sites for hydroxylation is 2. The first-order valence-electron chi connectivity index (χ1n) is 5.43. The molecule has 0 aliphatic rings. The summed E-state index contributed by atoms with van der Waals surface area (Å²) in [7, 11) is 1.72. The lowest BCUT2D eigenvalue weighted by Crippen LogP contribution is -2.20. The summed E-state index contributed by atoms with van der Waals surface area (Å²) in [6, 6.07) is 2.20. The summed E-state index contributed by atoms with van der Waals surface area (Å²) in [5.74, 6) is 0. The van der Waals surface area contributed by atoms with Crippen molar-refractivity contribution in [2.45, 2.75) is 19.8 Å². The second-order valence-electron chi connectivity index (χ2n) is 3.72. The molecule has 0 aliphatic carbocycles. The molecular formula is C12H20N2O. The fraction of sp³-hybridized carbons (Fsp3) is 0.583. The largest absolute Gasteiger partial charge is 0.383 e. The summed E-state index contributed by atoms with van der Waals surface area (Å²) < 4.78 is 4.95. The summed E-state index contributed by atoms with van der Waals surface area (Å²) in [5.41, 5.74) is 2.56. The molecule has 1 heterocycles. The van der Waals surface area contributed by atoms with Crippen LogP contribution in [0.3, 0.4) is 0 Å². The number of nitrogens with one attached hydrogen (secondary N) is 1. The zero-order chi connectivity index (χ0) is 10.9. The maximum Gasteiger partial charge on any atom is 0.0587 e. The van der Waals surface area contributed by atoms with Gasteiger partial charge in [-0.05, 0) is 37.4 Å². The highest BCUT2D eigenvalue weighted by Gasteiger charge is 1.94. The fourth-order valence-electron chi connectivity index (χ4n) is 1.47. The Morgan fingerprint density at radius 2 is 2.20 bits per heavy atom. The second kappa shape index (κ2) is 7.37. The number of pyridine rings is 1. The van der Waals surface area contributed by atoms with Crippen LogP contribution < -0.4 is 5.32 Å². The zero-order valence-electron chi connectivity index (χ0n) is 9.62. The van der Waals surface area contributed by atoms with Gasteiger partial charge >= 0.3 is 0 Å². The molecule has 0 saturated carbocycles. The molecule has 0 atom stereocenters. The van der Waals surface area contributed by atoms with Crippen LogP contribution in [-0.4, -0.2) is 31.8 Å². The van der Waals surface area contributed by atoms with Crippen molar-refractivity contribution in [1.29, 1.82) is 0 Å². The molecule has 1 aromatic rings. The molecule has 0 bridgehead atoms. The first-order chi connectivity index (χ1) is 7.33. The number of hydrogen-bond acceptors (Lipinski definition) is 3. The molecule has 3 nitrogen and oxygen atoms in total. The normalized spacial score (nSPS) is 10.5. The van der Waals surface area contributed by atoms with Crippen LogP contribution in [-0.2, 0) is 11.2 Å². The van der Waals surface area contributed by atoms with Crippen molar-refractivity contribution >= 4 is 0 Å². The average Bonchev–Trinajstić information content (AvgIpc) is 2.23. The van der Waals surface area contributed by atoms with Crippen LogP contribution >= 0.6 is 0 Å². The first-order valence-corrected chi connectivity index (χ1v) is 5.43. The monoisotopic (exact) mass is 208 g/mol. The van der Waals surface area contributed by atoms with Crippen molar-refractivity contribution in [2.24, 2.45) is 0 Å². The third-order valence-corrected chi connectivity index (χ3v) is 2.23. The van der Waals surface area contributed by atoms with Crippen molar-refractivity contribution in [2.75, 3.05) is 26.8 Å². The third-order valence-electron chi connectivity index (χ3n) is 2.23. The lowest BCUT2D eigenvalue weighted by atomic mass is 10.1. The average molecular weight is 208 g/mol. The number of methoxy groups -OCH3 is 1. The number of ether oxygens (including phenoxy) is 1.